The Bertz CT molecular complexity index is 153. The molecule has 0 atom stereocenters. The molecule has 0 amide bonds. The first-order valence-corrected chi connectivity index (χ1v) is 7.59. The van der Waals surface area contributed by atoms with Gasteiger partial charge in [-0.25, -0.2) is 0 Å². The Balaban J connectivity index is 3.39. The van der Waals surface area contributed by atoms with Gasteiger partial charge in [0, 0.05) is 0 Å². The normalized spacial score (nSPS) is 10.2. The van der Waals surface area contributed by atoms with Crippen molar-refractivity contribution in [2.75, 3.05) is 0 Å². The van der Waals surface area contributed by atoms with Crippen LogP contribution in [0.15, 0.2) is 0 Å². The van der Waals surface area contributed by atoms with E-state index in [2.05, 4.69) is 0 Å². The van der Waals surface area contributed by atoms with E-state index in [4.69, 9.17) is 10.2 Å². The molecule has 0 saturated heterocycles. The first kappa shape index (κ1) is 12.0. The SMILES string of the molecule is CC([Se]CC(=O)O)[Se]CC(=O)O. The van der Waals surface area contributed by atoms with E-state index in [1.165, 1.54) is 0 Å². The van der Waals surface area contributed by atoms with Crippen LogP contribution in [0.1, 0.15) is 6.92 Å². The van der Waals surface area contributed by atoms with E-state index in [1.54, 1.807) is 0 Å². The second-order valence-electron chi connectivity index (χ2n) is 1.98. The fraction of sp³-hybridized carbons (Fsp3) is 0.667. The number of hydrogen-bond acceptors (Lipinski definition) is 2. The average molecular weight is 304 g/mol. The topological polar surface area (TPSA) is 74.6 Å². The predicted octanol–water partition coefficient (Wildman–Crippen LogP) is 0.166. The summed E-state index contributed by atoms with van der Waals surface area (Å²) in [4.78, 5) is 20.3. The van der Waals surface area contributed by atoms with Crippen molar-refractivity contribution in [3.8, 4) is 0 Å². The van der Waals surface area contributed by atoms with Gasteiger partial charge in [-0.1, -0.05) is 0 Å². The fourth-order valence-corrected chi connectivity index (χ4v) is 4.74. The van der Waals surface area contributed by atoms with Crippen LogP contribution in [-0.4, -0.2) is 52.1 Å². The maximum atomic E-state index is 10.1. The van der Waals surface area contributed by atoms with E-state index in [9.17, 15) is 9.59 Å². The maximum absolute atomic E-state index is 10.1. The van der Waals surface area contributed by atoms with E-state index in [1.807, 2.05) is 6.92 Å². The number of rotatable bonds is 6. The average Bonchev–Trinajstić information content (AvgIpc) is 1.96. The van der Waals surface area contributed by atoms with Crippen LogP contribution in [0.2, 0.25) is 14.4 Å². The van der Waals surface area contributed by atoms with Crippen LogP contribution in [0.5, 0.6) is 0 Å². The van der Waals surface area contributed by atoms with Gasteiger partial charge >= 0.3 is 82.9 Å². The van der Waals surface area contributed by atoms with Gasteiger partial charge in [-0.15, -0.1) is 0 Å². The molecule has 4 nitrogen and oxygen atoms in total. The Kier molecular flexibility index (Phi) is 6.48. The zero-order valence-corrected chi connectivity index (χ0v) is 9.95. The summed E-state index contributed by atoms with van der Waals surface area (Å²) in [6.45, 7) is 1.92. The number of carboxylic acid groups (broad SMARTS) is 2. The van der Waals surface area contributed by atoms with E-state index in [0.717, 1.165) is 0 Å². The number of carbonyl (C=O) groups is 2. The van der Waals surface area contributed by atoms with Crippen molar-refractivity contribution in [1.29, 1.82) is 0 Å². The molecule has 0 spiro atoms. The molecule has 12 heavy (non-hydrogen) atoms. The van der Waals surface area contributed by atoms with Gasteiger partial charge in [-0.05, 0) is 0 Å². The summed E-state index contributed by atoms with van der Waals surface area (Å²) in [6, 6.07) is 0. The Hall–Kier alpha value is -0.0210. The van der Waals surface area contributed by atoms with Crippen molar-refractivity contribution in [1.82, 2.24) is 0 Å². The summed E-state index contributed by atoms with van der Waals surface area (Å²) in [5, 5.41) is 17.1. The molecule has 0 unspecified atom stereocenters. The van der Waals surface area contributed by atoms with Crippen LogP contribution < -0.4 is 0 Å². The molecular weight excluding hydrogens is 294 g/mol. The number of hydrogen-bond donors (Lipinski definition) is 2. The summed E-state index contributed by atoms with van der Waals surface area (Å²) < 4.78 is 0.303. The summed E-state index contributed by atoms with van der Waals surface area (Å²) in [7, 11) is 0. The van der Waals surface area contributed by atoms with E-state index < -0.39 is 11.9 Å². The third kappa shape index (κ3) is 8.08. The van der Waals surface area contributed by atoms with Crippen molar-refractivity contribution >= 4 is 41.9 Å². The second kappa shape index (κ2) is 6.49. The molecule has 0 heterocycles. The summed E-state index contributed by atoms with van der Waals surface area (Å²) in [5.41, 5.74) is 0. The van der Waals surface area contributed by atoms with Crippen LogP contribution >= 0.6 is 0 Å². The minimum absolute atomic E-state index is 0.0568. The third-order valence-electron chi connectivity index (χ3n) is 0.883. The van der Waals surface area contributed by atoms with Gasteiger partial charge in [0.25, 0.3) is 0 Å². The molecule has 0 aliphatic carbocycles. The number of carboxylic acids is 2. The van der Waals surface area contributed by atoms with Gasteiger partial charge in [0.15, 0.2) is 0 Å². The molecule has 2 N–H and O–H groups in total. The first-order valence-electron chi connectivity index (χ1n) is 3.19. The molecule has 0 aromatic heterocycles. The molecule has 0 bridgehead atoms. The van der Waals surface area contributed by atoms with Crippen molar-refractivity contribution in [3.05, 3.63) is 0 Å². The quantitative estimate of drug-likeness (QED) is 0.686. The third-order valence-corrected chi connectivity index (χ3v) is 7.56. The predicted molar refractivity (Wildman–Crippen MR) is 45.8 cm³/mol. The van der Waals surface area contributed by atoms with E-state index in [0.29, 0.717) is 3.71 Å². The number of aliphatic carboxylic acids is 2. The van der Waals surface area contributed by atoms with Gasteiger partial charge in [-0.3, -0.25) is 0 Å². The monoisotopic (exact) mass is 306 g/mol. The molecule has 0 fully saturated rings. The van der Waals surface area contributed by atoms with Crippen LogP contribution in [0.3, 0.4) is 0 Å². The molecule has 0 aliphatic rings. The van der Waals surface area contributed by atoms with Crippen LogP contribution in [0.25, 0.3) is 0 Å². The van der Waals surface area contributed by atoms with Crippen molar-refractivity contribution < 1.29 is 19.8 Å². The fourth-order valence-electron chi connectivity index (χ4n) is 0.425. The molecule has 70 valence electrons. The minimum atomic E-state index is -0.784. The van der Waals surface area contributed by atoms with Gasteiger partial charge in [0.05, 0.1) is 0 Å². The molecule has 0 rings (SSSR count). The summed E-state index contributed by atoms with van der Waals surface area (Å²) in [6.07, 6.45) is 0. The van der Waals surface area contributed by atoms with Crippen LogP contribution in [0.4, 0.5) is 0 Å². The molecule has 0 aliphatic heterocycles. The van der Waals surface area contributed by atoms with Crippen molar-refractivity contribution in [2.24, 2.45) is 0 Å². The van der Waals surface area contributed by atoms with Gasteiger partial charge < -0.3 is 0 Å². The Morgan fingerprint density at radius 1 is 1.17 bits per heavy atom. The standard InChI is InChI=1S/C6H10O4Se2/c1-4(11-2-5(7)8)12-3-6(9)10/h4H,2-3H2,1H3,(H,7,8)(H,9,10). The molecule has 0 aromatic carbocycles. The van der Waals surface area contributed by atoms with E-state index >= 15 is 0 Å². The van der Waals surface area contributed by atoms with Crippen LogP contribution in [0, 0.1) is 0 Å². The summed E-state index contributed by atoms with van der Waals surface area (Å²) >= 11 is 0.114. The van der Waals surface area contributed by atoms with Crippen molar-refractivity contribution in [3.63, 3.8) is 0 Å². The molecule has 0 radical (unpaired) electrons. The molecule has 0 aromatic rings. The zero-order chi connectivity index (χ0) is 9.56. The van der Waals surface area contributed by atoms with Gasteiger partial charge in [0.2, 0.25) is 0 Å². The Labute approximate surface area is 83.0 Å². The first-order chi connectivity index (χ1) is 5.52. The van der Waals surface area contributed by atoms with Gasteiger partial charge in [0.1, 0.15) is 0 Å². The van der Waals surface area contributed by atoms with Gasteiger partial charge in [-0.2, -0.15) is 0 Å². The Morgan fingerprint density at radius 2 is 1.50 bits per heavy atom. The van der Waals surface area contributed by atoms with E-state index in [-0.39, 0.29) is 40.6 Å². The summed E-state index contributed by atoms with van der Waals surface area (Å²) in [5.74, 6) is -1.57. The second-order valence-corrected chi connectivity index (χ2v) is 9.07. The molecule has 6 heteroatoms. The molecular formula is C6H10O4Se2. The Morgan fingerprint density at radius 3 is 1.75 bits per heavy atom. The van der Waals surface area contributed by atoms with Crippen molar-refractivity contribution in [2.45, 2.75) is 21.3 Å². The van der Waals surface area contributed by atoms with Crippen LogP contribution in [-0.2, 0) is 9.59 Å². The molecule has 0 saturated carbocycles. The zero-order valence-electron chi connectivity index (χ0n) is 6.52.